The standard InChI is InChI=1S/C21H33FN4O7S/c1-4-32-19(28)17(22)26-16-6-5-14(34(30,31)24-21(3)7-8-21)10-15(16)18(27)25(20(26)29)11-13-9-12(2)23-33-13/h12-17,23-24H,4-11H2,1-3H3. The number of sulfonamides is 1. The van der Waals surface area contributed by atoms with Crippen molar-refractivity contribution in [1.82, 2.24) is 20.0 Å². The van der Waals surface area contributed by atoms with Gasteiger partial charge >= 0.3 is 12.0 Å². The molecule has 2 saturated carbocycles. The van der Waals surface area contributed by atoms with Crippen molar-refractivity contribution in [3.8, 4) is 0 Å². The molecule has 2 aliphatic heterocycles. The number of ether oxygens (including phenoxy) is 1. The first-order chi connectivity index (χ1) is 16.0. The SMILES string of the molecule is CCOC(=O)C(F)N1C(=O)N(CC2CC(C)NO2)C(=O)C2CC(S(=O)(=O)NC3(C)CC3)CCC21. The largest absolute Gasteiger partial charge is 0.462 e. The highest BCUT2D eigenvalue weighted by Gasteiger charge is 2.55. The molecule has 4 rings (SSSR count). The van der Waals surface area contributed by atoms with Crippen molar-refractivity contribution in [2.75, 3.05) is 13.2 Å². The Morgan fingerprint density at radius 3 is 2.62 bits per heavy atom. The average Bonchev–Trinajstić information content (AvgIpc) is 3.34. The van der Waals surface area contributed by atoms with Crippen molar-refractivity contribution < 1.29 is 36.8 Å². The van der Waals surface area contributed by atoms with Crippen molar-refractivity contribution in [3.05, 3.63) is 0 Å². The number of esters is 1. The van der Waals surface area contributed by atoms with E-state index in [9.17, 15) is 22.8 Å². The number of rotatable bonds is 8. The minimum atomic E-state index is -3.72. The summed E-state index contributed by atoms with van der Waals surface area (Å²) in [6.45, 7) is 5.04. The molecule has 0 aromatic heterocycles. The van der Waals surface area contributed by atoms with Gasteiger partial charge in [0.1, 0.15) is 0 Å². The molecular weight excluding hydrogens is 471 g/mol. The zero-order valence-corrected chi connectivity index (χ0v) is 20.5. The number of nitrogens with zero attached hydrogens (tertiary/aromatic N) is 2. The van der Waals surface area contributed by atoms with Crippen LogP contribution in [0.5, 0.6) is 0 Å². The lowest BCUT2D eigenvalue weighted by Crippen LogP contribution is -2.67. The zero-order chi connectivity index (χ0) is 24.8. The number of hydrogen-bond donors (Lipinski definition) is 2. The average molecular weight is 505 g/mol. The molecule has 2 saturated heterocycles. The van der Waals surface area contributed by atoms with Crippen LogP contribution in [0.15, 0.2) is 0 Å². The minimum absolute atomic E-state index is 0.0105. The van der Waals surface area contributed by atoms with Crippen LogP contribution in [-0.2, 0) is 29.2 Å². The lowest BCUT2D eigenvalue weighted by Gasteiger charge is -2.48. The third kappa shape index (κ3) is 4.93. The summed E-state index contributed by atoms with van der Waals surface area (Å²) in [5.74, 6) is -2.74. The lowest BCUT2D eigenvalue weighted by atomic mass is 9.80. The molecule has 2 N–H and O–H groups in total. The summed E-state index contributed by atoms with van der Waals surface area (Å²) < 4.78 is 48.8. The molecule has 0 radical (unpaired) electrons. The predicted octanol–water partition coefficient (Wildman–Crippen LogP) is 0.801. The van der Waals surface area contributed by atoms with Crippen molar-refractivity contribution in [2.45, 2.75) is 94.6 Å². The van der Waals surface area contributed by atoms with Gasteiger partial charge in [0, 0.05) is 17.6 Å². The maximum Gasteiger partial charge on any atom is 0.362 e. The normalized spacial score (nSPS) is 34.1. The molecule has 192 valence electrons. The number of hydroxylamine groups is 1. The highest BCUT2D eigenvalue weighted by atomic mass is 32.2. The van der Waals surface area contributed by atoms with Gasteiger partial charge in [-0.2, -0.15) is 5.48 Å². The van der Waals surface area contributed by atoms with Gasteiger partial charge in [0.15, 0.2) is 0 Å². The quantitative estimate of drug-likeness (QED) is 0.366. The second-order valence-corrected chi connectivity index (χ2v) is 12.0. The molecule has 0 spiro atoms. The van der Waals surface area contributed by atoms with Crippen LogP contribution < -0.4 is 10.2 Å². The Kier molecular flexibility index (Phi) is 6.93. The van der Waals surface area contributed by atoms with E-state index in [1.165, 1.54) is 6.92 Å². The molecule has 34 heavy (non-hydrogen) atoms. The first-order valence-corrected chi connectivity index (χ1v) is 13.4. The summed E-state index contributed by atoms with van der Waals surface area (Å²) in [6, 6.07) is -1.85. The van der Waals surface area contributed by atoms with Crippen LogP contribution in [0.1, 0.15) is 59.3 Å². The predicted molar refractivity (Wildman–Crippen MR) is 117 cm³/mol. The third-order valence-electron chi connectivity index (χ3n) is 7.15. The van der Waals surface area contributed by atoms with Crippen molar-refractivity contribution >= 4 is 27.9 Å². The number of nitrogens with one attached hydrogen (secondary N) is 2. The highest BCUT2D eigenvalue weighted by molar-refractivity contribution is 7.90. The summed E-state index contributed by atoms with van der Waals surface area (Å²) in [5.41, 5.74) is 2.31. The number of carbonyl (C=O) groups is 3. The highest BCUT2D eigenvalue weighted by Crippen LogP contribution is 2.41. The maximum absolute atomic E-state index is 15.2. The smallest absolute Gasteiger partial charge is 0.362 e. The van der Waals surface area contributed by atoms with E-state index in [1.54, 1.807) is 0 Å². The van der Waals surface area contributed by atoms with E-state index in [2.05, 4.69) is 10.2 Å². The van der Waals surface area contributed by atoms with Gasteiger partial charge in [0.25, 0.3) is 6.30 Å². The molecule has 11 nitrogen and oxygen atoms in total. The van der Waals surface area contributed by atoms with Crippen LogP contribution in [0, 0.1) is 5.92 Å². The fourth-order valence-electron chi connectivity index (χ4n) is 5.06. The molecule has 0 aromatic rings. The number of alkyl halides is 1. The summed E-state index contributed by atoms with van der Waals surface area (Å²) in [5, 5.41) is -0.850. The van der Waals surface area contributed by atoms with Crippen LogP contribution in [0.2, 0.25) is 0 Å². The molecule has 4 fully saturated rings. The fourth-order valence-corrected chi connectivity index (χ4v) is 7.03. The van der Waals surface area contributed by atoms with E-state index >= 15 is 4.39 Å². The number of hydrogen-bond acceptors (Lipinski definition) is 8. The van der Waals surface area contributed by atoms with Gasteiger partial charge in [-0.1, -0.05) is 0 Å². The second kappa shape index (κ2) is 9.32. The molecule has 2 heterocycles. The Morgan fingerprint density at radius 2 is 2.03 bits per heavy atom. The summed E-state index contributed by atoms with van der Waals surface area (Å²) in [4.78, 5) is 45.9. The number of carbonyl (C=O) groups excluding carboxylic acids is 3. The van der Waals surface area contributed by atoms with E-state index in [1.807, 2.05) is 13.8 Å². The summed E-state index contributed by atoms with van der Waals surface area (Å²) in [6.07, 6.45) is -0.709. The Bertz CT molecular complexity index is 943. The topological polar surface area (TPSA) is 134 Å². The molecule has 13 heteroatoms. The van der Waals surface area contributed by atoms with Crippen LogP contribution in [0.4, 0.5) is 9.18 Å². The molecule has 2 aliphatic carbocycles. The van der Waals surface area contributed by atoms with Crippen LogP contribution >= 0.6 is 0 Å². The van der Waals surface area contributed by atoms with E-state index in [-0.39, 0.29) is 38.5 Å². The van der Waals surface area contributed by atoms with Gasteiger partial charge in [-0.15, -0.1) is 0 Å². The van der Waals surface area contributed by atoms with Gasteiger partial charge in [-0.25, -0.2) is 27.1 Å². The summed E-state index contributed by atoms with van der Waals surface area (Å²) >= 11 is 0. The maximum atomic E-state index is 15.2. The van der Waals surface area contributed by atoms with E-state index in [4.69, 9.17) is 9.57 Å². The Hall–Kier alpha value is -1.83. The molecule has 3 amide bonds. The number of amides is 3. The number of halogens is 1. The van der Waals surface area contributed by atoms with Crippen molar-refractivity contribution in [2.24, 2.45) is 5.92 Å². The van der Waals surface area contributed by atoms with Gasteiger partial charge in [0.05, 0.1) is 30.4 Å². The van der Waals surface area contributed by atoms with E-state index in [0.717, 1.165) is 22.6 Å². The minimum Gasteiger partial charge on any atom is -0.462 e. The molecule has 6 unspecified atom stereocenters. The Balaban J connectivity index is 1.59. The third-order valence-corrected chi connectivity index (χ3v) is 9.23. The van der Waals surface area contributed by atoms with Crippen LogP contribution in [-0.4, -0.2) is 84.5 Å². The van der Waals surface area contributed by atoms with Gasteiger partial charge < -0.3 is 4.74 Å². The number of urea groups is 1. The van der Waals surface area contributed by atoms with Crippen LogP contribution in [0.3, 0.4) is 0 Å². The van der Waals surface area contributed by atoms with E-state index in [0.29, 0.717) is 6.42 Å². The zero-order valence-electron chi connectivity index (χ0n) is 19.7. The Labute approximate surface area is 198 Å². The first-order valence-electron chi connectivity index (χ1n) is 11.8. The molecule has 6 atom stereocenters. The van der Waals surface area contributed by atoms with Crippen LogP contribution in [0.25, 0.3) is 0 Å². The Morgan fingerprint density at radius 1 is 1.32 bits per heavy atom. The molecule has 0 bridgehead atoms. The van der Waals surface area contributed by atoms with Crippen molar-refractivity contribution in [1.29, 1.82) is 0 Å². The molecule has 0 aromatic carbocycles. The lowest BCUT2D eigenvalue weighted by molar-refractivity contribution is -0.163. The van der Waals surface area contributed by atoms with Gasteiger partial charge in [-0.3, -0.25) is 19.4 Å². The first kappa shape index (κ1) is 25.3. The fraction of sp³-hybridized carbons (Fsp3) is 0.857. The second-order valence-electron chi connectivity index (χ2n) is 10.0. The van der Waals surface area contributed by atoms with Crippen molar-refractivity contribution in [3.63, 3.8) is 0 Å². The monoisotopic (exact) mass is 504 g/mol. The van der Waals surface area contributed by atoms with E-state index < -0.39 is 63.1 Å². The molecule has 4 aliphatic rings. The number of fused-ring (bicyclic) bond motifs is 1. The molecular formula is C21H33FN4O7S. The number of imide groups is 1. The van der Waals surface area contributed by atoms with Gasteiger partial charge in [-0.05, 0) is 59.3 Å². The van der Waals surface area contributed by atoms with Gasteiger partial charge in [0.2, 0.25) is 15.9 Å². The summed E-state index contributed by atoms with van der Waals surface area (Å²) in [7, 11) is -3.72.